The molecule has 0 bridgehead atoms. The summed E-state index contributed by atoms with van der Waals surface area (Å²) >= 11 is 0. The smallest absolute Gasteiger partial charge is 0.00981 e. The van der Waals surface area contributed by atoms with Gasteiger partial charge in [-0.3, -0.25) is 0 Å². The molecule has 1 saturated carbocycles. The summed E-state index contributed by atoms with van der Waals surface area (Å²) in [4.78, 5) is 0. The third kappa shape index (κ3) is 3.11. The van der Waals surface area contributed by atoms with Gasteiger partial charge in [0.1, 0.15) is 0 Å². The fourth-order valence-electron chi connectivity index (χ4n) is 2.58. The third-order valence-electron chi connectivity index (χ3n) is 3.70. The van der Waals surface area contributed by atoms with E-state index in [9.17, 15) is 0 Å². The van der Waals surface area contributed by atoms with E-state index in [0.717, 1.165) is 25.3 Å². The van der Waals surface area contributed by atoms with Gasteiger partial charge in [0.25, 0.3) is 0 Å². The molecule has 0 amide bonds. The highest BCUT2D eigenvalue weighted by atomic mass is 14.9. The predicted molar refractivity (Wildman–Crippen MR) is 73.0 cm³/mol. The first kappa shape index (κ1) is 12.2. The van der Waals surface area contributed by atoms with Crippen LogP contribution >= 0.6 is 0 Å². The Balaban J connectivity index is 1.72. The van der Waals surface area contributed by atoms with Crippen molar-refractivity contribution in [2.45, 2.75) is 44.6 Å². The average Bonchev–Trinajstić information content (AvgIpc) is 2.28. The quantitative estimate of drug-likeness (QED) is 0.601. The Morgan fingerprint density at radius 2 is 2.12 bits per heavy atom. The summed E-state index contributed by atoms with van der Waals surface area (Å²) < 4.78 is 0. The van der Waals surface area contributed by atoms with E-state index in [1.807, 2.05) is 0 Å². The monoisotopic (exact) mass is 227 g/mol. The van der Waals surface area contributed by atoms with Crippen molar-refractivity contribution < 1.29 is 0 Å². The van der Waals surface area contributed by atoms with Gasteiger partial charge in [-0.25, -0.2) is 0 Å². The van der Waals surface area contributed by atoms with Gasteiger partial charge in [-0.05, 0) is 49.8 Å². The fourth-order valence-corrected chi connectivity index (χ4v) is 2.58. The minimum absolute atomic E-state index is 0.706. The lowest BCUT2D eigenvalue weighted by atomic mass is 9.74. The van der Waals surface area contributed by atoms with E-state index in [4.69, 9.17) is 6.42 Å². The molecule has 1 aromatic rings. The van der Waals surface area contributed by atoms with Crippen LogP contribution in [0.25, 0.3) is 0 Å². The number of benzene rings is 1. The lowest BCUT2D eigenvalue weighted by Crippen LogP contribution is -2.40. The summed E-state index contributed by atoms with van der Waals surface area (Å²) in [6, 6.07) is 9.46. The number of nitrogens with one attached hydrogen (secondary N) is 1. The Morgan fingerprint density at radius 1 is 1.35 bits per heavy atom. The van der Waals surface area contributed by atoms with Gasteiger partial charge in [-0.2, -0.15) is 0 Å². The molecule has 1 fully saturated rings. The first-order chi connectivity index (χ1) is 8.31. The van der Waals surface area contributed by atoms with Crippen molar-refractivity contribution in [3.05, 3.63) is 35.4 Å². The van der Waals surface area contributed by atoms with Gasteiger partial charge < -0.3 is 5.32 Å². The normalized spacial score (nSPS) is 22.8. The molecule has 17 heavy (non-hydrogen) atoms. The molecule has 1 aliphatic carbocycles. The first-order valence-electron chi connectivity index (χ1n) is 6.53. The van der Waals surface area contributed by atoms with E-state index >= 15 is 0 Å². The van der Waals surface area contributed by atoms with Gasteiger partial charge in [-0.1, -0.05) is 24.3 Å². The number of unbranched alkanes of at least 4 members (excludes halogenated alkanes) is 1. The average molecular weight is 227 g/mol. The van der Waals surface area contributed by atoms with Crippen LogP contribution in [0, 0.1) is 19.3 Å². The molecule has 2 rings (SSSR count). The zero-order chi connectivity index (χ0) is 12.1. The number of rotatable bonds is 5. The second-order valence-electron chi connectivity index (χ2n) is 4.98. The molecule has 1 heteroatoms. The number of hydrogen-bond donors (Lipinski definition) is 1. The minimum Gasteiger partial charge on any atom is -0.314 e. The van der Waals surface area contributed by atoms with Gasteiger partial charge in [0.2, 0.25) is 0 Å². The second-order valence-corrected chi connectivity index (χ2v) is 4.98. The zero-order valence-corrected chi connectivity index (χ0v) is 10.6. The van der Waals surface area contributed by atoms with Gasteiger partial charge in [0.15, 0.2) is 0 Å². The highest BCUT2D eigenvalue weighted by molar-refractivity contribution is 5.31. The SMILES string of the molecule is C#CCCCNC1CC(c2ccccc2C)C1. The number of terminal acetylenes is 1. The molecular formula is C16H21N. The molecule has 1 nitrogen and oxygen atoms in total. The molecule has 0 aliphatic heterocycles. The largest absolute Gasteiger partial charge is 0.314 e. The highest BCUT2D eigenvalue weighted by Crippen LogP contribution is 2.38. The Kier molecular flexibility index (Phi) is 4.23. The van der Waals surface area contributed by atoms with Crippen molar-refractivity contribution in [3.63, 3.8) is 0 Å². The molecule has 0 unspecified atom stereocenters. The number of aryl methyl sites for hydroxylation is 1. The van der Waals surface area contributed by atoms with Crippen molar-refractivity contribution in [2.75, 3.05) is 6.54 Å². The summed E-state index contributed by atoms with van der Waals surface area (Å²) in [5.41, 5.74) is 2.97. The standard InChI is InChI=1S/C16H21N/c1-3-4-7-10-17-15-11-14(12-15)16-9-6-5-8-13(16)2/h1,5-6,8-9,14-15,17H,4,7,10-12H2,2H3. The summed E-state index contributed by atoms with van der Waals surface area (Å²) in [6.07, 6.45) is 9.78. The molecule has 1 aliphatic rings. The summed E-state index contributed by atoms with van der Waals surface area (Å²) in [5, 5.41) is 3.58. The van der Waals surface area contributed by atoms with Gasteiger partial charge in [0, 0.05) is 12.5 Å². The van der Waals surface area contributed by atoms with Crippen LogP contribution in [0.15, 0.2) is 24.3 Å². The maximum atomic E-state index is 5.23. The summed E-state index contributed by atoms with van der Waals surface area (Å²) in [7, 11) is 0. The first-order valence-corrected chi connectivity index (χ1v) is 6.53. The van der Waals surface area contributed by atoms with Crippen molar-refractivity contribution in [2.24, 2.45) is 0 Å². The van der Waals surface area contributed by atoms with Crippen LogP contribution in [0.5, 0.6) is 0 Å². The maximum absolute atomic E-state index is 5.23. The molecular weight excluding hydrogens is 206 g/mol. The molecule has 1 N–H and O–H groups in total. The van der Waals surface area contributed by atoms with Crippen LogP contribution < -0.4 is 5.32 Å². The molecule has 1 aromatic carbocycles. The maximum Gasteiger partial charge on any atom is 0.00981 e. The second kappa shape index (κ2) is 5.89. The molecule has 90 valence electrons. The third-order valence-corrected chi connectivity index (χ3v) is 3.70. The topological polar surface area (TPSA) is 12.0 Å². The van der Waals surface area contributed by atoms with E-state index < -0.39 is 0 Å². The van der Waals surface area contributed by atoms with E-state index in [0.29, 0.717) is 6.04 Å². The van der Waals surface area contributed by atoms with Crippen LogP contribution in [-0.4, -0.2) is 12.6 Å². The van der Waals surface area contributed by atoms with E-state index in [-0.39, 0.29) is 0 Å². The van der Waals surface area contributed by atoms with Crippen LogP contribution in [0.2, 0.25) is 0 Å². The van der Waals surface area contributed by atoms with Crippen molar-refractivity contribution in [1.82, 2.24) is 5.32 Å². The van der Waals surface area contributed by atoms with Crippen LogP contribution in [0.1, 0.15) is 42.7 Å². The summed E-state index contributed by atoms with van der Waals surface area (Å²) in [5.74, 6) is 3.44. The van der Waals surface area contributed by atoms with Crippen molar-refractivity contribution in [3.8, 4) is 12.3 Å². The molecule has 0 radical (unpaired) electrons. The van der Waals surface area contributed by atoms with Crippen LogP contribution in [0.3, 0.4) is 0 Å². The lowest BCUT2D eigenvalue weighted by Gasteiger charge is -2.37. The molecule has 0 atom stereocenters. The summed E-state index contributed by atoms with van der Waals surface area (Å²) in [6.45, 7) is 3.28. The predicted octanol–water partition coefficient (Wildman–Crippen LogP) is 3.24. The zero-order valence-electron chi connectivity index (χ0n) is 10.6. The molecule has 0 saturated heterocycles. The van der Waals surface area contributed by atoms with Crippen molar-refractivity contribution >= 4 is 0 Å². The van der Waals surface area contributed by atoms with Gasteiger partial charge >= 0.3 is 0 Å². The Hall–Kier alpha value is -1.26. The minimum atomic E-state index is 0.706. The van der Waals surface area contributed by atoms with Crippen LogP contribution in [-0.2, 0) is 0 Å². The Labute approximate surface area is 105 Å². The molecule has 0 spiro atoms. The van der Waals surface area contributed by atoms with E-state index in [1.54, 1.807) is 0 Å². The van der Waals surface area contributed by atoms with Gasteiger partial charge in [-0.15, -0.1) is 12.3 Å². The Morgan fingerprint density at radius 3 is 2.82 bits per heavy atom. The van der Waals surface area contributed by atoms with E-state index in [2.05, 4.69) is 42.4 Å². The fraction of sp³-hybridized carbons (Fsp3) is 0.500. The van der Waals surface area contributed by atoms with Gasteiger partial charge in [0.05, 0.1) is 0 Å². The van der Waals surface area contributed by atoms with E-state index in [1.165, 1.54) is 24.0 Å². The van der Waals surface area contributed by atoms with Crippen molar-refractivity contribution in [1.29, 1.82) is 0 Å². The molecule has 0 aromatic heterocycles. The Bertz CT molecular complexity index is 396. The lowest BCUT2D eigenvalue weighted by molar-refractivity contribution is 0.290. The molecule has 0 heterocycles. The highest BCUT2D eigenvalue weighted by Gasteiger charge is 2.30. The van der Waals surface area contributed by atoms with Crippen LogP contribution in [0.4, 0.5) is 0 Å². The number of hydrogen-bond acceptors (Lipinski definition) is 1.